The molecule has 2 N–H and O–H groups in total. The Morgan fingerprint density at radius 1 is 1.44 bits per heavy atom. The zero-order chi connectivity index (χ0) is 11.7. The van der Waals surface area contributed by atoms with Crippen LogP contribution in [0.5, 0.6) is 0 Å². The highest BCUT2D eigenvalue weighted by atomic mass is 32.1. The van der Waals surface area contributed by atoms with Gasteiger partial charge in [0.25, 0.3) is 0 Å². The summed E-state index contributed by atoms with van der Waals surface area (Å²) in [5.74, 6) is 0.196. The second kappa shape index (κ2) is 4.47. The molecule has 0 aliphatic carbocycles. The highest BCUT2D eigenvalue weighted by Gasteiger charge is 2.12. The Hall–Kier alpha value is -1.00. The van der Waals surface area contributed by atoms with Gasteiger partial charge >= 0.3 is 0 Å². The number of halogens is 1. The Kier molecular flexibility index (Phi) is 3.21. The summed E-state index contributed by atoms with van der Waals surface area (Å²) in [6.45, 7) is 4.19. The lowest BCUT2D eigenvalue weighted by Crippen LogP contribution is -2.28. The van der Waals surface area contributed by atoms with Crippen molar-refractivity contribution in [1.29, 1.82) is 0 Å². The molecule has 0 aliphatic heterocycles. The molecule has 0 bridgehead atoms. The van der Waals surface area contributed by atoms with Crippen molar-refractivity contribution in [3.63, 3.8) is 0 Å². The molecule has 0 amide bonds. The Morgan fingerprint density at radius 3 is 2.88 bits per heavy atom. The van der Waals surface area contributed by atoms with Gasteiger partial charge in [-0.25, -0.2) is 9.37 Å². The molecular formula is C12H15FN2S. The van der Waals surface area contributed by atoms with Crippen molar-refractivity contribution in [3.8, 4) is 0 Å². The minimum Gasteiger partial charge on any atom is -0.327 e. The monoisotopic (exact) mass is 238 g/mol. The van der Waals surface area contributed by atoms with Gasteiger partial charge in [-0.1, -0.05) is 13.8 Å². The summed E-state index contributed by atoms with van der Waals surface area (Å²) in [7, 11) is 0. The molecule has 1 aromatic heterocycles. The normalized spacial score (nSPS) is 13.6. The van der Waals surface area contributed by atoms with E-state index in [1.54, 1.807) is 17.4 Å². The van der Waals surface area contributed by atoms with Crippen LogP contribution >= 0.6 is 11.3 Å². The molecule has 4 heteroatoms. The fourth-order valence-electron chi connectivity index (χ4n) is 1.47. The number of hydrogen-bond donors (Lipinski definition) is 1. The van der Waals surface area contributed by atoms with E-state index in [2.05, 4.69) is 18.8 Å². The quantitative estimate of drug-likeness (QED) is 0.892. The standard InChI is InChI=1S/C12H15FN2S/c1-7(2)9(14)6-12-15-10-5-8(13)3-4-11(10)16-12/h3-5,7,9H,6,14H2,1-2H3. The molecular weight excluding hydrogens is 223 g/mol. The van der Waals surface area contributed by atoms with Gasteiger partial charge in [0.15, 0.2) is 0 Å². The highest BCUT2D eigenvalue weighted by molar-refractivity contribution is 7.18. The summed E-state index contributed by atoms with van der Waals surface area (Å²) < 4.78 is 14.0. The first-order valence-electron chi connectivity index (χ1n) is 5.37. The van der Waals surface area contributed by atoms with E-state index in [9.17, 15) is 4.39 Å². The van der Waals surface area contributed by atoms with Gasteiger partial charge in [-0.2, -0.15) is 0 Å². The molecule has 2 aromatic rings. The van der Waals surface area contributed by atoms with Crippen molar-refractivity contribution in [1.82, 2.24) is 4.98 Å². The third-order valence-corrected chi connectivity index (χ3v) is 3.72. The summed E-state index contributed by atoms with van der Waals surface area (Å²) in [6, 6.07) is 4.82. The number of benzene rings is 1. The van der Waals surface area contributed by atoms with Crippen LogP contribution in [0.25, 0.3) is 10.2 Å². The molecule has 2 rings (SSSR count). The van der Waals surface area contributed by atoms with Crippen molar-refractivity contribution in [3.05, 3.63) is 29.0 Å². The van der Waals surface area contributed by atoms with Crippen molar-refractivity contribution in [2.75, 3.05) is 0 Å². The second-order valence-corrected chi connectivity index (χ2v) is 5.45. The van der Waals surface area contributed by atoms with E-state index in [0.29, 0.717) is 5.92 Å². The van der Waals surface area contributed by atoms with E-state index in [0.717, 1.165) is 21.6 Å². The Bertz CT molecular complexity index is 493. The lowest BCUT2D eigenvalue weighted by molar-refractivity contribution is 0.490. The maximum atomic E-state index is 13.0. The number of fused-ring (bicyclic) bond motifs is 1. The number of nitrogens with zero attached hydrogens (tertiary/aromatic N) is 1. The topological polar surface area (TPSA) is 38.9 Å². The molecule has 0 spiro atoms. The predicted molar refractivity (Wildman–Crippen MR) is 66.1 cm³/mol. The van der Waals surface area contributed by atoms with Crippen LogP contribution in [0.4, 0.5) is 4.39 Å². The third kappa shape index (κ3) is 2.39. The van der Waals surface area contributed by atoms with Crippen LogP contribution in [0.3, 0.4) is 0 Å². The lowest BCUT2D eigenvalue weighted by atomic mass is 10.0. The van der Waals surface area contributed by atoms with Crippen LogP contribution in [0.1, 0.15) is 18.9 Å². The summed E-state index contributed by atoms with van der Waals surface area (Å²) in [4.78, 5) is 4.39. The first-order valence-corrected chi connectivity index (χ1v) is 6.18. The predicted octanol–water partition coefficient (Wildman–Crippen LogP) is 2.96. The van der Waals surface area contributed by atoms with Crippen molar-refractivity contribution >= 4 is 21.6 Å². The minimum absolute atomic E-state index is 0.116. The zero-order valence-electron chi connectivity index (χ0n) is 9.40. The van der Waals surface area contributed by atoms with E-state index < -0.39 is 0 Å². The van der Waals surface area contributed by atoms with Crippen LogP contribution in [0.2, 0.25) is 0 Å². The average molecular weight is 238 g/mol. The summed E-state index contributed by atoms with van der Waals surface area (Å²) in [5.41, 5.74) is 6.73. The summed E-state index contributed by atoms with van der Waals surface area (Å²) in [6.07, 6.45) is 0.763. The van der Waals surface area contributed by atoms with E-state index in [-0.39, 0.29) is 11.9 Å². The Balaban J connectivity index is 2.26. The largest absolute Gasteiger partial charge is 0.327 e. The van der Waals surface area contributed by atoms with Gasteiger partial charge in [-0.05, 0) is 18.1 Å². The van der Waals surface area contributed by atoms with Gasteiger partial charge in [-0.15, -0.1) is 11.3 Å². The van der Waals surface area contributed by atoms with E-state index in [1.807, 2.05) is 0 Å². The van der Waals surface area contributed by atoms with Crippen LogP contribution in [0.15, 0.2) is 18.2 Å². The summed E-state index contributed by atoms with van der Waals surface area (Å²) in [5, 5.41) is 0.988. The van der Waals surface area contributed by atoms with Crippen LogP contribution < -0.4 is 5.73 Å². The molecule has 0 saturated heterocycles. The SMILES string of the molecule is CC(C)C(N)Cc1nc2cc(F)ccc2s1. The van der Waals surface area contributed by atoms with E-state index in [1.165, 1.54) is 12.1 Å². The molecule has 16 heavy (non-hydrogen) atoms. The maximum Gasteiger partial charge on any atom is 0.125 e. The molecule has 0 aliphatic rings. The Morgan fingerprint density at radius 2 is 2.19 bits per heavy atom. The second-order valence-electron chi connectivity index (χ2n) is 4.33. The lowest BCUT2D eigenvalue weighted by Gasteiger charge is -2.12. The molecule has 0 saturated carbocycles. The third-order valence-electron chi connectivity index (χ3n) is 2.66. The van der Waals surface area contributed by atoms with Gasteiger partial charge in [0.1, 0.15) is 5.82 Å². The zero-order valence-corrected chi connectivity index (χ0v) is 10.2. The van der Waals surface area contributed by atoms with Crippen LogP contribution in [0, 0.1) is 11.7 Å². The van der Waals surface area contributed by atoms with Crippen LogP contribution in [-0.4, -0.2) is 11.0 Å². The maximum absolute atomic E-state index is 13.0. The first-order chi connectivity index (χ1) is 7.56. The van der Waals surface area contributed by atoms with E-state index >= 15 is 0 Å². The fraction of sp³-hybridized carbons (Fsp3) is 0.417. The number of hydrogen-bond acceptors (Lipinski definition) is 3. The van der Waals surface area contributed by atoms with Gasteiger partial charge in [0, 0.05) is 18.5 Å². The van der Waals surface area contributed by atoms with Gasteiger partial charge in [0.05, 0.1) is 15.2 Å². The van der Waals surface area contributed by atoms with Gasteiger partial charge in [-0.3, -0.25) is 0 Å². The molecule has 1 heterocycles. The van der Waals surface area contributed by atoms with Gasteiger partial charge < -0.3 is 5.73 Å². The van der Waals surface area contributed by atoms with Crippen molar-refractivity contribution < 1.29 is 4.39 Å². The van der Waals surface area contributed by atoms with E-state index in [4.69, 9.17) is 5.73 Å². The first kappa shape index (κ1) is 11.5. The smallest absolute Gasteiger partial charge is 0.125 e. The number of aromatic nitrogens is 1. The average Bonchev–Trinajstić information content (AvgIpc) is 2.58. The Labute approximate surface area is 98.3 Å². The molecule has 2 nitrogen and oxygen atoms in total. The molecule has 86 valence electrons. The minimum atomic E-state index is -0.238. The van der Waals surface area contributed by atoms with Crippen molar-refractivity contribution in [2.24, 2.45) is 11.7 Å². The van der Waals surface area contributed by atoms with Crippen LogP contribution in [-0.2, 0) is 6.42 Å². The summed E-state index contributed by atoms with van der Waals surface area (Å²) >= 11 is 1.59. The number of thiazole rings is 1. The molecule has 1 aromatic carbocycles. The van der Waals surface area contributed by atoms with Crippen molar-refractivity contribution in [2.45, 2.75) is 26.3 Å². The molecule has 0 fully saturated rings. The number of rotatable bonds is 3. The highest BCUT2D eigenvalue weighted by Crippen LogP contribution is 2.24. The molecule has 1 unspecified atom stereocenters. The molecule has 1 atom stereocenters. The fourth-order valence-corrected chi connectivity index (χ4v) is 2.49. The molecule has 0 radical (unpaired) electrons. The number of nitrogens with two attached hydrogens (primary N) is 1. The van der Waals surface area contributed by atoms with Gasteiger partial charge in [0.2, 0.25) is 0 Å².